The van der Waals surface area contributed by atoms with Crippen molar-refractivity contribution >= 4 is 11.8 Å². The van der Waals surface area contributed by atoms with Crippen LogP contribution in [-0.2, 0) is 0 Å². The summed E-state index contributed by atoms with van der Waals surface area (Å²) in [4.78, 5) is 0. The molecule has 0 unspecified atom stereocenters. The monoisotopic (exact) mass is 145 g/mol. The summed E-state index contributed by atoms with van der Waals surface area (Å²) >= 11 is 4.14. The molecule has 0 aliphatic carbocycles. The number of halogens is 1. The quantitative estimate of drug-likeness (QED) is 0.544. The maximum Gasteiger partial charge on any atom is 0.115 e. The normalized spacial score (nSPS) is 7.33. The molecule has 0 radical (unpaired) electrons. The second-order valence-electron chi connectivity index (χ2n) is 1.34. The zero-order valence-electron chi connectivity index (χ0n) is 4.79. The Kier molecular flexibility index (Phi) is 4.97. The second kappa shape index (κ2) is 5.41. The molecule has 0 heterocycles. The number of hydrogen-bond donors (Lipinski definition) is 2. The van der Waals surface area contributed by atoms with E-state index >= 15 is 0 Å². The SMILES string of the molecule is NCl.Oc1ccccc1. The molecule has 1 rings (SSSR count). The molecule has 50 valence electrons. The van der Waals surface area contributed by atoms with Gasteiger partial charge >= 0.3 is 0 Å². The Hall–Kier alpha value is -0.730. The first-order valence-corrected chi connectivity index (χ1v) is 2.79. The summed E-state index contributed by atoms with van der Waals surface area (Å²) < 4.78 is 0. The number of aromatic hydroxyl groups is 1. The average Bonchev–Trinajstić information content (AvgIpc) is 1.94. The van der Waals surface area contributed by atoms with Crippen molar-refractivity contribution in [2.75, 3.05) is 0 Å². The fraction of sp³-hybridized carbons (Fsp3) is 0. The van der Waals surface area contributed by atoms with Gasteiger partial charge in [-0.05, 0) is 23.9 Å². The molecule has 3 N–H and O–H groups in total. The van der Waals surface area contributed by atoms with Crippen molar-refractivity contribution in [2.45, 2.75) is 0 Å². The molecule has 0 saturated heterocycles. The molecule has 0 aromatic heterocycles. The molecule has 2 nitrogen and oxygen atoms in total. The molecule has 0 fully saturated rings. The van der Waals surface area contributed by atoms with E-state index in [9.17, 15) is 0 Å². The number of benzene rings is 1. The minimum absolute atomic E-state index is 0.322. The molecule has 0 saturated carbocycles. The molecule has 0 bridgehead atoms. The molecular formula is C6H8ClNO. The van der Waals surface area contributed by atoms with Gasteiger partial charge < -0.3 is 5.11 Å². The highest BCUT2D eigenvalue weighted by atomic mass is 35.5. The van der Waals surface area contributed by atoms with Gasteiger partial charge in [0.15, 0.2) is 0 Å². The molecular weight excluding hydrogens is 138 g/mol. The van der Waals surface area contributed by atoms with Gasteiger partial charge in [-0.2, -0.15) is 0 Å². The van der Waals surface area contributed by atoms with Gasteiger partial charge in [0.1, 0.15) is 5.75 Å². The predicted octanol–water partition coefficient (Wildman–Crippen LogP) is 1.49. The lowest BCUT2D eigenvalue weighted by atomic mass is 10.3. The Morgan fingerprint density at radius 2 is 1.56 bits per heavy atom. The van der Waals surface area contributed by atoms with Crippen LogP contribution in [0, 0.1) is 0 Å². The third kappa shape index (κ3) is 3.82. The van der Waals surface area contributed by atoms with E-state index in [1.807, 2.05) is 6.07 Å². The minimum atomic E-state index is 0.322. The van der Waals surface area contributed by atoms with Crippen LogP contribution in [0.4, 0.5) is 0 Å². The number of para-hydroxylation sites is 1. The van der Waals surface area contributed by atoms with Gasteiger partial charge in [0, 0.05) is 0 Å². The van der Waals surface area contributed by atoms with Crippen LogP contribution >= 0.6 is 11.8 Å². The van der Waals surface area contributed by atoms with Crippen LogP contribution in [0.25, 0.3) is 0 Å². The first kappa shape index (κ1) is 8.27. The van der Waals surface area contributed by atoms with Gasteiger partial charge in [0.05, 0.1) is 0 Å². The predicted molar refractivity (Wildman–Crippen MR) is 38.1 cm³/mol. The lowest BCUT2D eigenvalue weighted by Gasteiger charge is -1.82. The van der Waals surface area contributed by atoms with E-state index in [1.165, 1.54) is 0 Å². The van der Waals surface area contributed by atoms with E-state index in [1.54, 1.807) is 24.3 Å². The summed E-state index contributed by atoms with van der Waals surface area (Å²) in [5, 5.41) is 12.6. The topological polar surface area (TPSA) is 46.2 Å². The lowest BCUT2D eigenvalue weighted by molar-refractivity contribution is 0.475. The Morgan fingerprint density at radius 3 is 1.78 bits per heavy atom. The van der Waals surface area contributed by atoms with Crippen molar-refractivity contribution in [2.24, 2.45) is 5.25 Å². The van der Waals surface area contributed by atoms with Gasteiger partial charge in [-0.15, -0.1) is 0 Å². The van der Waals surface area contributed by atoms with E-state index < -0.39 is 0 Å². The van der Waals surface area contributed by atoms with Crippen molar-refractivity contribution in [3.05, 3.63) is 30.3 Å². The summed E-state index contributed by atoms with van der Waals surface area (Å²) in [5.41, 5.74) is 0. The van der Waals surface area contributed by atoms with Crippen LogP contribution in [0.2, 0.25) is 0 Å². The Balaban J connectivity index is 0.000000291. The van der Waals surface area contributed by atoms with Crippen LogP contribution in [0.1, 0.15) is 0 Å². The first-order valence-electron chi connectivity index (χ1n) is 2.35. The van der Waals surface area contributed by atoms with Gasteiger partial charge in [-0.25, -0.2) is 5.25 Å². The van der Waals surface area contributed by atoms with Crippen LogP contribution in [-0.4, -0.2) is 5.11 Å². The van der Waals surface area contributed by atoms with Gasteiger partial charge in [-0.3, -0.25) is 0 Å². The van der Waals surface area contributed by atoms with Crippen molar-refractivity contribution in [3.8, 4) is 5.75 Å². The molecule has 3 heteroatoms. The Labute approximate surface area is 59.0 Å². The van der Waals surface area contributed by atoms with Gasteiger partial charge in [-0.1, -0.05) is 18.2 Å². The number of hydrogen-bond acceptors (Lipinski definition) is 2. The number of nitrogens with two attached hydrogens (primary N) is 1. The third-order valence-electron chi connectivity index (χ3n) is 0.756. The summed E-state index contributed by atoms with van der Waals surface area (Å²) in [6.07, 6.45) is 0. The Bertz CT molecular complexity index is 143. The van der Waals surface area contributed by atoms with Crippen LogP contribution in [0.15, 0.2) is 30.3 Å². The van der Waals surface area contributed by atoms with Crippen molar-refractivity contribution in [3.63, 3.8) is 0 Å². The van der Waals surface area contributed by atoms with Gasteiger partial charge in [0.25, 0.3) is 0 Å². The molecule has 1 aromatic carbocycles. The first-order chi connectivity index (χ1) is 4.39. The number of phenolic OH excluding ortho intramolecular Hbond substituents is 1. The van der Waals surface area contributed by atoms with Crippen LogP contribution in [0.5, 0.6) is 5.75 Å². The standard InChI is InChI=1S/C6H6O.ClH2N/c7-6-4-2-1-3-5-6;1-2/h1-5,7H;2H2. The number of rotatable bonds is 0. The zero-order valence-corrected chi connectivity index (χ0v) is 5.55. The number of phenols is 1. The fourth-order valence-corrected chi connectivity index (χ4v) is 0.428. The van der Waals surface area contributed by atoms with Crippen LogP contribution in [0.3, 0.4) is 0 Å². The van der Waals surface area contributed by atoms with E-state index in [4.69, 9.17) is 5.11 Å². The van der Waals surface area contributed by atoms with Crippen molar-refractivity contribution < 1.29 is 5.11 Å². The van der Waals surface area contributed by atoms with E-state index in [-0.39, 0.29) is 0 Å². The highest BCUT2D eigenvalue weighted by Gasteiger charge is 1.74. The van der Waals surface area contributed by atoms with Crippen molar-refractivity contribution in [1.29, 1.82) is 0 Å². The van der Waals surface area contributed by atoms with E-state index in [0.29, 0.717) is 5.75 Å². The zero-order chi connectivity index (χ0) is 7.11. The summed E-state index contributed by atoms with van der Waals surface area (Å²) in [6.45, 7) is 0. The van der Waals surface area contributed by atoms with Crippen molar-refractivity contribution in [1.82, 2.24) is 0 Å². The highest BCUT2D eigenvalue weighted by molar-refractivity contribution is 6.11. The molecule has 1 aromatic rings. The molecule has 0 aliphatic heterocycles. The highest BCUT2D eigenvalue weighted by Crippen LogP contribution is 2.02. The van der Waals surface area contributed by atoms with Crippen LogP contribution < -0.4 is 5.25 Å². The lowest BCUT2D eigenvalue weighted by Crippen LogP contribution is -1.56. The fourth-order valence-electron chi connectivity index (χ4n) is 0.428. The largest absolute Gasteiger partial charge is 0.508 e. The summed E-state index contributed by atoms with van der Waals surface area (Å²) in [6, 6.07) is 8.71. The van der Waals surface area contributed by atoms with E-state index in [2.05, 4.69) is 17.0 Å². The molecule has 0 aliphatic rings. The maximum absolute atomic E-state index is 8.63. The molecule has 0 atom stereocenters. The maximum atomic E-state index is 8.63. The smallest absolute Gasteiger partial charge is 0.115 e. The summed E-state index contributed by atoms with van der Waals surface area (Å²) in [7, 11) is 0. The molecule has 0 amide bonds. The average molecular weight is 146 g/mol. The minimum Gasteiger partial charge on any atom is -0.508 e. The Morgan fingerprint density at radius 1 is 1.11 bits per heavy atom. The second-order valence-corrected chi connectivity index (χ2v) is 1.34. The van der Waals surface area contributed by atoms with E-state index in [0.717, 1.165) is 0 Å². The summed E-state index contributed by atoms with van der Waals surface area (Å²) in [5.74, 6) is 0.322. The third-order valence-corrected chi connectivity index (χ3v) is 0.756. The molecule has 9 heavy (non-hydrogen) atoms. The van der Waals surface area contributed by atoms with Gasteiger partial charge in [0.2, 0.25) is 0 Å². The molecule has 0 spiro atoms.